The van der Waals surface area contributed by atoms with Crippen molar-refractivity contribution in [3.05, 3.63) is 17.5 Å². The quantitative estimate of drug-likeness (QED) is 0.515. The van der Waals surface area contributed by atoms with E-state index in [2.05, 4.69) is 53.4 Å². The number of aromatic nitrogens is 1. The number of aryl methyl sites for hydroxylation is 1. The third-order valence-corrected chi connectivity index (χ3v) is 4.52. The fourth-order valence-electron chi connectivity index (χ4n) is 3.16. The van der Waals surface area contributed by atoms with E-state index in [0.29, 0.717) is 18.5 Å². The van der Waals surface area contributed by atoms with E-state index in [1.54, 1.807) is 0 Å². The summed E-state index contributed by atoms with van der Waals surface area (Å²) in [5.41, 5.74) is 0.970. The zero-order valence-corrected chi connectivity index (χ0v) is 16.8. The molecule has 7 nitrogen and oxygen atoms in total. The van der Waals surface area contributed by atoms with Crippen molar-refractivity contribution in [3.63, 3.8) is 0 Å². The first-order chi connectivity index (χ1) is 12.6. The molecule has 0 spiro atoms. The second kappa shape index (κ2) is 11.2. The summed E-state index contributed by atoms with van der Waals surface area (Å²) >= 11 is 0. The molecule has 0 amide bonds. The first-order valence-corrected chi connectivity index (χ1v) is 9.90. The summed E-state index contributed by atoms with van der Waals surface area (Å²) in [5, 5.41) is 10.9. The van der Waals surface area contributed by atoms with Crippen LogP contribution in [0.15, 0.2) is 15.6 Å². The van der Waals surface area contributed by atoms with Gasteiger partial charge in [-0.25, -0.2) is 4.99 Å². The van der Waals surface area contributed by atoms with Crippen molar-refractivity contribution in [2.24, 2.45) is 10.9 Å². The Kier molecular flexibility index (Phi) is 8.91. The Morgan fingerprint density at radius 1 is 1.27 bits per heavy atom. The first-order valence-electron chi connectivity index (χ1n) is 9.90. The molecular formula is C19H35N5O2. The third kappa shape index (κ3) is 6.96. The predicted molar refractivity (Wildman–Crippen MR) is 104 cm³/mol. The lowest BCUT2D eigenvalue weighted by atomic mass is 10.0. The van der Waals surface area contributed by atoms with Gasteiger partial charge in [-0.2, -0.15) is 0 Å². The Labute approximate surface area is 157 Å². The highest BCUT2D eigenvalue weighted by Crippen LogP contribution is 2.13. The molecule has 1 atom stereocenters. The van der Waals surface area contributed by atoms with Gasteiger partial charge in [0.2, 0.25) is 0 Å². The molecule has 1 aromatic heterocycles. The van der Waals surface area contributed by atoms with Crippen LogP contribution in [-0.2, 0) is 17.7 Å². The summed E-state index contributed by atoms with van der Waals surface area (Å²) in [7, 11) is 0. The predicted octanol–water partition coefficient (Wildman–Crippen LogP) is 2.04. The maximum atomic E-state index is 5.50. The number of nitrogens with zero attached hydrogens (tertiary/aromatic N) is 3. The molecule has 2 N–H and O–H groups in total. The molecule has 1 unspecified atom stereocenters. The van der Waals surface area contributed by atoms with E-state index >= 15 is 0 Å². The highest BCUT2D eigenvalue weighted by atomic mass is 16.5. The maximum absolute atomic E-state index is 5.50. The van der Waals surface area contributed by atoms with Crippen molar-refractivity contribution < 1.29 is 9.26 Å². The van der Waals surface area contributed by atoms with E-state index in [4.69, 9.17) is 9.26 Å². The first kappa shape index (κ1) is 20.7. The molecule has 0 radical (unpaired) electrons. The molecule has 0 aromatic carbocycles. The van der Waals surface area contributed by atoms with Crippen molar-refractivity contribution in [3.8, 4) is 0 Å². The minimum atomic E-state index is 0.486. The number of morpholine rings is 1. The van der Waals surface area contributed by atoms with Gasteiger partial charge in [0.15, 0.2) is 11.7 Å². The smallest absolute Gasteiger partial charge is 0.191 e. The largest absolute Gasteiger partial charge is 0.379 e. The number of rotatable bonds is 9. The lowest BCUT2D eigenvalue weighted by Crippen LogP contribution is -2.51. The summed E-state index contributed by atoms with van der Waals surface area (Å²) in [6.07, 6.45) is 2.04. The Morgan fingerprint density at radius 2 is 2.04 bits per heavy atom. The average Bonchev–Trinajstić information content (AvgIpc) is 3.11. The van der Waals surface area contributed by atoms with Crippen LogP contribution in [0.2, 0.25) is 0 Å². The molecule has 1 aromatic rings. The molecule has 0 saturated carbocycles. The van der Waals surface area contributed by atoms with E-state index in [0.717, 1.165) is 69.6 Å². The molecule has 2 heterocycles. The number of guanidine groups is 1. The van der Waals surface area contributed by atoms with E-state index in [9.17, 15) is 0 Å². The number of ether oxygens (including phenoxy) is 1. The molecule has 1 saturated heterocycles. The Bertz CT molecular complexity index is 538. The highest BCUT2D eigenvalue weighted by Gasteiger charge is 2.22. The van der Waals surface area contributed by atoms with Crippen molar-refractivity contribution in [2.45, 2.75) is 53.1 Å². The van der Waals surface area contributed by atoms with Gasteiger partial charge in [0.1, 0.15) is 6.54 Å². The van der Waals surface area contributed by atoms with E-state index in [1.165, 1.54) is 0 Å². The van der Waals surface area contributed by atoms with Gasteiger partial charge in [0.25, 0.3) is 0 Å². The van der Waals surface area contributed by atoms with Crippen LogP contribution in [-0.4, -0.2) is 61.5 Å². The Hall–Kier alpha value is -1.60. The molecule has 0 aliphatic carbocycles. The summed E-state index contributed by atoms with van der Waals surface area (Å²) in [4.78, 5) is 7.18. The van der Waals surface area contributed by atoms with Gasteiger partial charge < -0.3 is 19.9 Å². The molecule has 148 valence electrons. The van der Waals surface area contributed by atoms with Crippen molar-refractivity contribution in [1.82, 2.24) is 20.7 Å². The fourth-order valence-corrected chi connectivity index (χ4v) is 3.16. The normalized spacial score (nSPS) is 17.5. The lowest BCUT2D eigenvalue weighted by Gasteiger charge is -2.35. The van der Waals surface area contributed by atoms with Crippen LogP contribution in [0.3, 0.4) is 0 Å². The second-order valence-electron chi connectivity index (χ2n) is 7.15. The van der Waals surface area contributed by atoms with Gasteiger partial charge in [-0.3, -0.25) is 4.90 Å². The van der Waals surface area contributed by atoms with Crippen LogP contribution in [0.25, 0.3) is 0 Å². The SMILES string of the molecule is CCNC(=NCc1cc(CC)no1)NCC(CC(C)C)N1CCOCC1. The zero-order chi connectivity index (χ0) is 18.8. The van der Waals surface area contributed by atoms with Crippen LogP contribution in [0, 0.1) is 5.92 Å². The Morgan fingerprint density at radius 3 is 2.65 bits per heavy atom. The molecule has 1 aliphatic rings. The fraction of sp³-hybridized carbons (Fsp3) is 0.789. The second-order valence-corrected chi connectivity index (χ2v) is 7.15. The minimum Gasteiger partial charge on any atom is -0.379 e. The van der Waals surface area contributed by atoms with E-state index in [-0.39, 0.29) is 0 Å². The summed E-state index contributed by atoms with van der Waals surface area (Å²) in [6.45, 7) is 14.6. The minimum absolute atomic E-state index is 0.486. The van der Waals surface area contributed by atoms with Gasteiger partial charge in [0.05, 0.1) is 18.9 Å². The average molecular weight is 366 g/mol. The molecule has 2 rings (SSSR count). The molecule has 1 aliphatic heterocycles. The van der Waals surface area contributed by atoms with Crippen LogP contribution < -0.4 is 10.6 Å². The van der Waals surface area contributed by atoms with Gasteiger partial charge in [-0.15, -0.1) is 0 Å². The number of hydrogen-bond acceptors (Lipinski definition) is 5. The highest BCUT2D eigenvalue weighted by molar-refractivity contribution is 5.79. The van der Waals surface area contributed by atoms with Crippen LogP contribution >= 0.6 is 0 Å². The Balaban J connectivity index is 1.93. The zero-order valence-electron chi connectivity index (χ0n) is 16.8. The number of nitrogens with one attached hydrogen (secondary N) is 2. The van der Waals surface area contributed by atoms with E-state index in [1.807, 2.05) is 6.07 Å². The van der Waals surface area contributed by atoms with Crippen LogP contribution in [0.1, 0.15) is 45.6 Å². The summed E-state index contributed by atoms with van der Waals surface area (Å²) < 4.78 is 10.8. The maximum Gasteiger partial charge on any atom is 0.191 e. The third-order valence-electron chi connectivity index (χ3n) is 4.52. The summed E-state index contributed by atoms with van der Waals surface area (Å²) in [5.74, 6) is 2.28. The molecular weight excluding hydrogens is 330 g/mol. The molecule has 1 fully saturated rings. The van der Waals surface area contributed by atoms with Crippen molar-refractivity contribution in [1.29, 1.82) is 0 Å². The monoisotopic (exact) mass is 365 g/mol. The topological polar surface area (TPSA) is 74.9 Å². The standard InChI is InChI=1S/C19H35N5O2/c1-5-16-12-18(26-23-16)14-22-19(20-6-2)21-13-17(11-15(3)4)24-7-9-25-10-8-24/h12,15,17H,5-11,13-14H2,1-4H3,(H2,20,21,22). The molecule has 0 bridgehead atoms. The number of aliphatic imine (C=N–C) groups is 1. The molecule has 7 heteroatoms. The van der Waals surface area contributed by atoms with Crippen LogP contribution in [0.4, 0.5) is 0 Å². The van der Waals surface area contributed by atoms with Gasteiger partial charge in [0, 0.05) is 38.3 Å². The van der Waals surface area contributed by atoms with Crippen molar-refractivity contribution in [2.75, 3.05) is 39.4 Å². The van der Waals surface area contributed by atoms with Crippen LogP contribution in [0.5, 0.6) is 0 Å². The van der Waals surface area contributed by atoms with Gasteiger partial charge >= 0.3 is 0 Å². The van der Waals surface area contributed by atoms with Crippen molar-refractivity contribution >= 4 is 5.96 Å². The van der Waals surface area contributed by atoms with Gasteiger partial charge in [-0.05, 0) is 25.7 Å². The summed E-state index contributed by atoms with van der Waals surface area (Å²) in [6, 6.07) is 2.46. The molecule has 26 heavy (non-hydrogen) atoms. The van der Waals surface area contributed by atoms with Gasteiger partial charge in [-0.1, -0.05) is 25.9 Å². The van der Waals surface area contributed by atoms with E-state index < -0.39 is 0 Å². The number of hydrogen-bond donors (Lipinski definition) is 2. The lowest BCUT2D eigenvalue weighted by molar-refractivity contribution is 0.0132.